The average Bonchev–Trinajstić information content (AvgIpc) is 3.16. The van der Waals surface area contributed by atoms with Crippen molar-refractivity contribution in [2.45, 2.75) is 25.2 Å². The van der Waals surface area contributed by atoms with Gasteiger partial charge in [0.2, 0.25) is 0 Å². The Bertz CT molecular complexity index is 783. The maximum absolute atomic E-state index is 11.7. The van der Waals surface area contributed by atoms with Gasteiger partial charge in [0.1, 0.15) is 18.0 Å². The van der Waals surface area contributed by atoms with E-state index in [-0.39, 0.29) is 11.7 Å². The highest BCUT2D eigenvalue weighted by Crippen LogP contribution is 2.32. The van der Waals surface area contributed by atoms with Gasteiger partial charge in [0, 0.05) is 39.3 Å². The third-order valence-corrected chi connectivity index (χ3v) is 4.95. The van der Waals surface area contributed by atoms with Crippen molar-refractivity contribution in [1.82, 2.24) is 14.8 Å². The first-order valence-corrected chi connectivity index (χ1v) is 8.90. The van der Waals surface area contributed by atoms with E-state index in [2.05, 4.69) is 22.0 Å². The van der Waals surface area contributed by atoms with Crippen LogP contribution < -0.4 is 4.74 Å². The minimum Gasteiger partial charge on any atom is -0.487 e. The fourth-order valence-electron chi connectivity index (χ4n) is 3.70. The summed E-state index contributed by atoms with van der Waals surface area (Å²) in [5.41, 5.74) is 1.77. The standard InChI is InChI=1S/C20H23N3O3/c1-22-14-20(26-19(22)24)8-10-23(15-20)12-16-5-4-7-18(11-16)25-13-17-6-2-3-9-21-17/h2-7,9,11H,8,10,12-15H2,1H3/t20-/m0/s1. The number of likely N-dealkylation sites (tertiary alicyclic amines) is 1. The number of hydrogen-bond donors (Lipinski definition) is 0. The molecule has 0 saturated carbocycles. The van der Waals surface area contributed by atoms with Gasteiger partial charge in [-0.25, -0.2) is 4.79 Å². The van der Waals surface area contributed by atoms with E-state index in [1.807, 2.05) is 30.3 Å². The van der Waals surface area contributed by atoms with Crippen LogP contribution in [0.2, 0.25) is 0 Å². The van der Waals surface area contributed by atoms with Gasteiger partial charge in [0.15, 0.2) is 0 Å². The molecule has 26 heavy (non-hydrogen) atoms. The van der Waals surface area contributed by atoms with Crippen molar-refractivity contribution in [3.63, 3.8) is 0 Å². The third-order valence-electron chi connectivity index (χ3n) is 4.95. The highest BCUT2D eigenvalue weighted by Gasteiger charge is 2.48. The van der Waals surface area contributed by atoms with E-state index in [9.17, 15) is 4.79 Å². The molecule has 2 saturated heterocycles. The summed E-state index contributed by atoms with van der Waals surface area (Å²) in [6, 6.07) is 14.0. The Labute approximate surface area is 153 Å². The lowest BCUT2D eigenvalue weighted by Gasteiger charge is -2.22. The summed E-state index contributed by atoms with van der Waals surface area (Å²) in [7, 11) is 1.79. The molecule has 136 valence electrons. The van der Waals surface area contributed by atoms with Crippen LogP contribution in [0.25, 0.3) is 0 Å². The summed E-state index contributed by atoms with van der Waals surface area (Å²) in [5, 5.41) is 0. The summed E-state index contributed by atoms with van der Waals surface area (Å²) < 4.78 is 11.5. The first-order chi connectivity index (χ1) is 12.6. The molecule has 0 unspecified atom stereocenters. The number of rotatable bonds is 5. The molecule has 2 aliphatic rings. The largest absolute Gasteiger partial charge is 0.487 e. The molecule has 1 atom stereocenters. The molecule has 4 rings (SSSR count). The van der Waals surface area contributed by atoms with Gasteiger partial charge < -0.3 is 14.4 Å². The minimum atomic E-state index is -0.334. The fraction of sp³-hybridized carbons (Fsp3) is 0.400. The van der Waals surface area contributed by atoms with Crippen LogP contribution in [0.15, 0.2) is 48.7 Å². The predicted molar refractivity (Wildman–Crippen MR) is 96.7 cm³/mol. The number of aromatic nitrogens is 1. The molecule has 1 spiro atoms. The topological polar surface area (TPSA) is 54.9 Å². The SMILES string of the molecule is CN1C[C@]2(CCN(Cc3cccc(OCc4ccccn4)c3)C2)OC1=O. The molecule has 3 heterocycles. The number of ether oxygens (including phenoxy) is 2. The predicted octanol–water partition coefficient (Wildman–Crippen LogP) is 2.69. The van der Waals surface area contributed by atoms with Crippen LogP contribution in [0.3, 0.4) is 0 Å². The summed E-state index contributed by atoms with van der Waals surface area (Å²) in [5.74, 6) is 0.842. The first-order valence-electron chi connectivity index (χ1n) is 8.90. The maximum atomic E-state index is 11.7. The van der Waals surface area contributed by atoms with Gasteiger partial charge >= 0.3 is 6.09 Å². The Balaban J connectivity index is 1.35. The lowest BCUT2D eigenvalue weighted by Crippen LogP contribution is -2.37. The number of hydrogen-bond acceptors (Lipinski definition) is 5. The van der Waals surface area contributed by atoms with E-state index in [1.165, 1.54) is 5.56 Å². The molecule has 2 fully saturated rings. The second-order valence-corrected chi connectivity index (χ2v) is 7.12. The Kier molecular flexibility index (Phi) is 4.51. The Morgan fingerprint density at radius 1 is 1.23 bits per heavy atom. The van der Waals surface area contributed by atoms with Crippen LogP contribution in [0.1, 0.15) is 17.7 Å². The molecular formula is C20H23N3O3. The average molecular weight is 353 g/mol. The van der Waals surface area contributed by atoms with Crippen LogP contribution in [0, 0.1) is 0 Å². The van der Waals surface area contributed by atoms with Crippen LogP contribution in [0.5, 0.6) is 5.75 Å². The minimum absolute atomic E-state index is 0.211. The van der Waals surface area contributed by atoms with Gasteiger partial charge in [-0.15, -0.1) is 0 Å². The first kappa shape index (κ1) is 16.8. The van der Waals surface area contributed by atoms with Gasteiger partial charge in [-0.3, -0.25) is 9.88 Å². The molecule has 0 aliphatic carbocycles. The van der Waals surface area contributed by atoms with Crippen LogP contribution in [-0.2, 0) is 17.9 Å². The van der Waals surface area contributed by atoms with Crippen LogP contribution >= 0.6 is 0 Å². The summed E-state index contributed by atoms with van der Waals surface area (Å²) in [4.78, 5) is 20.0. The van der Waals surface area contributed by atoms with Crippen molar-refractivity contribution >= 4 is 6.09 Å². The lowest BCUT2D eigenvalue weighted by molar-refractivity contribution is 0.0627. The summed E-state index contributed by atoms with van der Waals surface area (Å²) in [6.45, 7) is 3.67. The second kappa shape index (κ2) is 6.96. The van der Waals surface area contributed by atoms with Gasteiger partial charge in [-0.1, -0.05) is 18.2 Å². The highest BCUT2D eigenvalue weighted by atomic mass is 16.6. The zero-order chi connectivity index (χ0) is 18.0. The van der Waals surface area contributed by atoms with Crippen molar-refractivity contribution in [2.75, 3.05) is 26.7 Å². The zero-order valence-electron chi connectivity index (χ0n) is 14.9. The van der Waals surface area contributed by atoms with E-state index in [0.717, 1.165) is 37.5 Å². The molecular weight excluding hydrogens is 330 g/mol. The number of carbonyl (C=O) groups excluding carboxylic acids is 1. The number of benzene rings is 1. The molecule has 6 heteroatoms. The van der Waals surface area contributed by atoms with E-state index >= 15 is 0 Å². The molecule has 0 N–H and O–H groups in total. The van der Waals surface area contributed by atoms with Crippen molar-refractivity contribution in [3.8, 4) is 5.75 Å². The van der Waals surface area contributed by atoms with Crippen LogP contribution in [0.4, 0.5) is 4.79 Å². The molecule has 6 nitrogen and oxygen atoms in total. The number of carbonyl (C=O) groups is 1. The van der Waals surface area contributed by atoms with Gasteiger partial charge in [0.25, 0.3) is 0 Å². The van der Waals surface area contributed by atoms with E-state index < -0.39 is 0 Å². The molecule has 1 aromatic heterocycles. The van der Waals surface area contributed by atoms with E-state index in [1.54, 1.807) is 18.1 Å². The van der Waals surface area contributed by atoms with Gasteiger partial charge in [-0.2, -0.15) is 0 Å². The van der Waals surface area contributed by atoms with Crippen molar-refractivity contribution in [2.24, 2.45) is 0 Å². The number of likely N-dealkylation sites (N-methyl/N-ethyl adjacent to an activating group) is 1. The Morgan fingerprint density at radius 2 is 2.15 bits per heavy atom. The maximum Gasteiger partial charge on any atom is 0.410 e. The lowest BCUT2D eigenvalue weighted by atomic mass is 10.0. The quantitative estimate of drug-likeness (QED) is 0.827. The zero-order valence-corrected chi connectivity index (χ0v) is 14.9. The molecule has 0 bridgehead atoms. The van der Waals surface area contributed by atoms with Gasteiger partial charge in [-0.05, 0) is 29.8 Å². The number of pyridine rings is 1. The molecule has 2 aromatic rings. The molecule has 2 aliphatic heterocycles. The summed E-state index contributed by atoms with van der Waals surface area (Å²) >= 11 is 0. The van der Waals surface area contributed by atoms with E-state index in [4.69, 9.17) is 9.47 Å². The molecule has 1 aromatic carbocycles. The van der Waals surface area contributed by atoms with Crippen molar-refractivity contribution in [3.05, 3.63) is 59.9 Å². The van der Waals surface area contributed by atoms with Crippen molar-refractivity contribution in [1.29, 1.82) is 0 Å². The van der Waals surface area contributed by atoms with Gasteiger partial charge in [0.05, 0.1) is 12.2 Å². The summed E-state index contributed by atoms with van der Waals surface area (Å²) in [6.07, 6.45) is 2.45. The Morgan fingerprint density at radius 3 is 2.92 bits per heavy atom. The monoisotopic (exact) mass is 353 g/mol. The second-order valence-electron chi connectivity index (χ2n) is 7.12. The smallest absolute Gasteiger partial charge is 0.410 e. The third kappa shape index (κ3) is 3.65. The van der Waals surface area contributed by atoms with E-state index in [0.29, 0.717) is 13.2 Å². The molecule has 1 amide bonds. The normalized spacial score (nSPS) is 22.8. The molecule has 0 radical (unpaired) electrons. The number of amides is 1. The fourth-order valence-corrected chi connectivity index (χ4v) is 3.70. The Hall–Kier alpha value is -2.60. The van der Waals surface area contributed by atoms with Crippen LogP contribution in [-0.4, -0.2) is 53.2 Å². The highest BCUT2D eigenvalue weighted by molar-refractivity contribution is 5.70. The number of nitrogens with zero attached hydrogens (tertiary/aromatic N) is 3. The van der Waals surface area contributed by atoms with Crippen molar-refractivity contribution < 1.29 is 14.3 Å².